The molecule has 0 saturated heterocycles. The van der Waals surface area contributed by atoms with Crippen LogP contribution in [0.25, 0.3) is 0 Å². The van der Waals surface area contributed by atoms with Gasteiger partial charge in [-0.3, -0.25) is 0 Å². The minimum atomic E-state index is -0.566. The second-order valence-electron chi connectivity index (χ2n) is 7.99. The normalized spacial score (nSPS) is 10.7. The van der Waals surface area contributed by atoms with Crippen molar-refractivity contribution in [3.05, 3.63) is 94.0 Å². The summed E-state index contributed by atoms with van der Waals surface area (Å²) in [6.45, 7) is 4.85. The van der Waals surface area contributed by atoms with Crippen molar-refractivity contribution in [3.63, 3.8) is 0 Å². The highest BCUT2D eigenvalue weighted by Crippen LogP contribution is 2.26. The van der Waals surface area contributed by atoms with E-state index in [-0.39, 0.29) is 5.75 Å². The van der Waals surface area contributed by atoms with Crippen LogP contribution in [0.3, 0.4) is 0 Å². The Bertz CT molecular complexity index is 1080. The first-order valence-corrected chi connectivity index (χ1v) is 11.7. The molecule has 0 N–H and O–H groups in total. The molecule has 0 aromatic heterocycles. The van der Waals surface area contributed by atoms with Crippen LogP contribution in [0, 0.1) is 5.92 Å². The topological polar surface area (TPSA) is 61.8 Å². The average Bonchev–Trinajstić information content (AvgIpc) is 2.81. The monoisotopic (exact) mass is 510 g/mol. The molecular formula is C27H27BrO5. The van der Waals surface area contributed by atoms with Crippen molar-refractivity contribution in [2.75, 3.05) is 13.2 Å². The number of carbonyl (C=O) groups is 2. The van der Waals surface area contributed by atoms with E-state index in [4.69, 9.17) is 14.2 Å². The Labute approximate surface area is 202 Å². The summed E-state index contributed by atoms with van der Waals surface area (Å²) in [5.74, 6) is 0.000103. The zero-order valence-electron chi connectivity index (χ0n) is 18.8. The molecule has 0 aliphatic carbocycles. The molecular weight excluding hydrogens is 484 g/mol. The molecule has 3 aromatic rings. The lowest BCUT2D eigenvalue weighted by Gasteiger charge is -2.13. The molecule has 0 spiro atoms. The summed E-state index contributed by atoms with van der Waals surface area (Å²) in [6.07, 6.45) is 1.56. The van der Waals surface area contributed by atoms with Gasteiger partial charge in [-0.25, -0.2) is 9.59 Å². The van der Waals surface area contributed by atoms with E-state index in [9.17, 15) is 9.59 Å². The molecule has 0 bridgehead atoms. The maximum atomic E-state index is 12.8. The smallest absolute Gasteiger partial charge is 0.347 e. The Balaban J connectivity index is 1.59. The lowest BCUT2D eigenvalue weighted by atomic mass is 10.1. The number of hydrogen-bond acceptors (Lipinski definition) is 5. The van der Waals surface area contributed by atoms with Crippen LogP contribution in [0.15, 0.2) is 77.3 Å². The van der Waals surface area contributed by atoms with Crippen LogP contribution >= 0.6 is 15.9 Å². The van der Waals surface area contributed by atoms with E-state index >= 15 is 0 Å². The maximum absolute atomic E-state index is 12.8. The quantitative estimate of drug-likeness (QED) is 0.177. The van der Waals surface area contributed by atoms with E-state index in [2.05, 4.69) is 15.9 Å². The van der Waals surface area contributed by atoms with Crippen molar-refractivity contribution in [3.8, 4) is 11.5 Å². The number of halogens is 1. The third-order valence-electron chi connectivity index (χ3n) is 4.70. The Hall–Kier alpha value is -3.12. The summed E-state index contributed by atoms with van der Waals surface area (Å²) in [7, 11) is 0. The summed E-state index contributed by atoms with van der Waals surface area (Å²) in [4.78, 5) is 25.2. The molecule has 0 aliphatic rings. The van der Waals surface area contributed by atoms with Gasteiger partial charge in [0.2, 0.25) is 0 Å². The van der Waals surface area contributed by atoms with Crippen molar-refractivity contribution in [2.24, 2.45) is 5.92 Å². The van der Waals surface area contributed by atoms with Crippen molar-refractivity contribution in [1.29, 1.82) is 0 Å². The Morgan fingerprint density at radius 1 is 0.909 bits per heavy atom. The minimum Gasteiger partial charge on any atom is -0.492 e. The van der Waals surface area contributed by atoms with Crippen LogP contribution in [0.2, 0.25) is 0 Å². The fraction of sp³-hybridized carbons (Fsp3) is 0.259. The Morgan fingerprint density at radius 3 is 2.45 bits per heavy atom. The van der Waals surface area contributed by atoms with Gasteiger partial charge in [-0.2, -0.15) is 0 Å². The highest BCUT2D eigenvalue weighted by atomic mass is 79.9. The molecule has 0 amide bonds. The van der Waals surface area contributed by atoms with E-state index < -0.39 is 11.9 Å². The van der Waals surface area contributed by atoms with E-state index in [1.807, 2.05) is 44.2 Å². The number of carbonyl (C=O) groups excluding carboxylic acids is 2. The van der Waals surface area contributed by atoms with Crippen molar-refractivity contribution in [1.82, 2.24) is 0 Å². The standard InChI is InChI=1S/C27H27BrO5/c1-19(2)18-32-25-14-13-22(28)17-24(25)27(30)33-23-12-6-11-21(16-23)26(29)31-15-7-10-20-8-4-3-5-9-20/h3-6,8-9,11-14,16-17,19H,7,10,15,18H2,1-2H3. The fourth-order valence-corrected chi connectivity index (χ4v) is 3.42. The lowest BCUT2D eigenvalue weighted by molar-refractivity contribution is 0.0498. The van der Waals surface area contributed by atoms with Crippen LogP contribution in [0.4, 0.5) is 0 Å². The average molecular weight is 511 g/mol. The first kappa shape index (κ1) is 24.5. The highest BCUT2D eigenvalue weighted by molar-refractivity contribution is 9.10. The summed E-state index contributed by atoms with van der Waals surface area (Å²) in [6, 6.07) is 21.6. The van der Waals surface area contributed by atoms with E-state index in [0.29, 0.717) is 36.0 Å². The van der Waals surface area contributed by atoms with Crippen molar-refractivity contribution in [2.45, 2.75) is 26.7 Å². The van der Waals surface area contributed by atoms with Gasteiger partial charge >= 0.3 is 11.9 Å². The van der Waals surface area contributed by atoms with Crippen LogP contribution in [0.1, 0.15) is 46.5 Å². The van der Waals surface area contributed by atoms with Gasteiger partial charge < -0.3 is 14.2 Å². The van der Waals surface area contributed by atoms with Crippen LogP contribution < -0.4 is 9.47 Å². The number of hydrogen-bond donors (Lipinski definition) is 0. The number of rotatable bonds is 10. The van der Waals surface area contributed by atoms with Gasteiger partial charge in [0.1, 0.15) is 17.1 Å². The molecule has 0 saturated carbocycles. The summed E-state index contributed by atoms with van der Waals surface area (Å²) in [5.41, 5.74) is 1.83. The summed E-state index contributed by atoms with van der Waals surface area (Å²) in [5, 5.41) is 0. The van der Waals surface area contributed by atoms with Crippen LogP contribution in [-0.4, -0.2) is 25.2 Å². The predicted molar refractivity (Wildman–Crippen MR) is 131 cm³/mol. The molecule has 3 aromatic carbocycles. The second kappa shape index (κ2) is 12.2. The maximum Gasteiger partial charge on any atom is 0.347 e. The second-order valence-corrected chi connectivity index (χ2v) is 8.90. The van der Waals surface area contributed by atoms with Gasteiger partial charge in [0.05, 0.1) is 18.8 Å². The van der Waals surface area contributed by atoms with Gasteiger partial charge in [0, 0.05) is 4.47 Å². The van der Waals surface area contributed by atoms with Crippen LogP contribution in [0.5, 0.6) is 11.5 Å². The van der Waals surface area contributed by atoms with Gasteiger partial charge in [0.15, 0.2) is 0 Å². The molecule has 0 atom stereocenters. The molecule has 33 heavy (non-hydrogen) atoms. The Kier molecular flexibility index (Phi) is 9.07. The largest absolute Gasteiger partial charge is 0.492 e. The fourth-order valence-electron chi connectivity index (χ4n) is 3.06. The SMILES string of the molecule is CC(C)COc1ccc(Br)cc1C(=O)Oc1cccc(C(=O)OCCCc2ccccc2)c1. The molecule has 0 unspecified atom stereocenters. The van der Waals surface area contributed by atoms with Crippen molar-refractivity contribution < 1.29 is 23.8 Å². The predicted octanol–water partition coefficient (Wildman–Crippen LogP) is 6.49. The molecule has 172 valence electrons. The van der Waals surface area contributed by atoms with Gasteiger partial charge in [0.25, 0.3) is 0 Å². The minimum absolute atomic E-state index is 0.258. The third-order valence-corrected chi connectivity index (χ3v) is 5.19. The van der Waals surface area contributed by atoms with Crippen LogP contribution in [-0.2, 0) is 11.2 Å². The van der Waals surface area contributed by atoms with Gasteiger partial charge in [-0.15, -0.1) is 0 Å². The molecule has 0 heterocycles. The van der Waals surface area contributed by atoms with Gasteiger partial charge in [-0.1, -0.05) is 66.2 Å². The molecule has 0 radical (unpaired) electrons. The first-order chi connectivity index (χ1) is 15.9. The molecule has 0 aliphatic heterocycles. The van der Waals surface area contributed by atoms with E-state index in [1.54, 1.807) is 36.4 Å². The number of ether oxygens (including phenoxy) is 3. The highest BCUT2D eigenvalue weighted by Gasteiger charge is 2.17. The van der Waals surface area contributed by atoms with Gasteiger partial charge in [-0.05, 0) is 60.7 Å². The van der Waals surface area contributed by atoms with E-state index in [1.165, 1.54) is 11.6 Å². The lowest BCUT2D eigenvalue weighted by Crippen LogP contribution is -2.13. The number of esters is 2. The first-order valence-electron chi connectivity index (χ1n) is 10.9. The summed E-state index contributed by atoms with van der Waals surface area (Å²) >= 11 is 3.38. The number of aryl methyl sites for hydroxylation is 1. The summed E-state index contributed by atoms with van der Waals surface area (Å²) < 4.78 is 17.4. The molecule has 0 fully saturated rings. The van der Waals surface area contributed by atoms with E-state index in [0.717, 1.165) is 17.3 Å². The molecule has 6 heteroatoms. The zero-order valence-corrected chi connectivity index (χ0v) is 20.3. The molecule has 3 rings (SSSR count). The molecule has 5 nitrogen and oxygen atoms in total. The zero-order chi connectivity index (χ0) is 23.6. The van der Waals surface area contributed by atoms with Crippen molar-refractivity contribution >= 4 is 27.9 Å². The third kappa shape index (κ3) is 7.75. The Morgan fingerprint density at radius 2 is 1.70 bits per heavy atom. The number of benzene rings is 3.